The van der Waals surface area contributed by atoms with Crippen LogP contribution in [0.4, 0.5) is 5.69 Å². The van der Waals surface area contributed by atoms with Crippen molar-refractivity contribution in [1.29, 1.82) is 0 Å². The van der Waals surface area contributed by atoms with Crippen molar-refractivity contribution in [1.82, 2.24) is 4.90 Å². The van der Waals surface area contributed by atoms with Gasteiger partial charge in [0.25, 0.3) is 0 Å². The summed E-state index contributed by atoms with van der Waals surface area (Å²) in [6.45, 7) is 15.5. The zero-order valence-electron chi connectivity index (χ0n) is 16.2. The average Bonchev–Trinajstić information content (AvgIpc) is 3.04. The van der Waals surface area contributed by atoms with Crippen LogP contribution in [-0.2, 0) is 0 Å². The zero-order chi connectivity index (χ0) is 17.1. The van der Waals surface area contributed by atoms with Crippen LogP contribution in [-0.4, -0.2) is 37.6 Å². The molecular weight excluding hydrogens is 292 g/mol. The molecule has 0 N–H and O–H groups in total. The molecule has 1 aromatic rings. The minimum atomic E-state index is 0.622. The van der Waals surface area contributed by atoms with Crippen LogP contribution in [0.3, 0.4) is 0 Å². The summed E-state index contributed by atoms with van der Waals surface area (Å²) in [6, 6.07) is 9.23. The first-order valence-corrected chi connectivity index (χ1v) is 10.1. The molecule has 1 saturated heterocycles. The van der Waals surface area contributed by atoms with E-state index in [9.17, 15) is 0 Å². The van der Waals surface area contributed by atoms with Crippen LogP contribution in [0.25, 0.3) is 0 Å². The highest BCUT2D eigenvalue weighted by Crippen LogP contribution is 2.36. The molecule has 2 unspecified atom stereocenters. The van der Waals surface area contributed by atoms with E-state index in [1.54, 1.807) is 0 Å². The highest BCUT2D eigenvalue weighted by atomic mass is 15.3. The van der Waals surface area contributed by atoms with Crippen LogP contribution in [0, 0.1) is 17.8 Å². The third-order valence-corrected chi connectivity index (χ3v) is 6.34. The Morgan fingerprint density at radius 2 is 1.58 bits per heavy atom. The fraction of sp³-hybridized carbons (Fsp3) is 0.727. The summed E-state index contributed by atoms with van der Waals surface area (Å²) in [4.78, 5) is 5.28. The van der Waals surface area contributed by atoms with Crippen LogP contribution in [0.5, 0.6) is 0 Å². The third-order valence-electron chi connectivity index (χ3n) is 6.34. The lowest BCUT2D eigenvalue weighted by Crippen LogP contribution is -2.47. The Labute approximate surface area is 149 Å². The van der Waals surface area contributed by atoms with Gasteiger partial charge >= 0.3 is 0 Å². The Morgan fingerprint density at radius 1 is 0.917 bits per heavy atom. The van der Waals surface area contributed by atoms with E-state index in [1.165, 1.54) is 63.2 Å². The predicted octanol–water partition coefficient (Wildman–Crippen LogP) is 5.00. The maximum absolute atomic E-state index is 2.71. The fourth-order valence-electron chi connectivity index (χ4n) is 4.51. The van der Waals surface area contributed by atoms with Crippen molar-refractivity contribution < 1.29 is 0 Å². The van der Waals surface area contributed by atoms with Gasteiger partial charge < -0.3 is 4.90 Å². The van der Waals surface area contributed by atoms with Gasteiger partial charge in [-0.15, -0.1) is 0 Å². The molecule has 1 aromatic carbocycles. The molecule has 2 atom stereocenters. The van der Waals surface area contributed by atoms with E-state index in [1.807, 2.05) is 0 Å². The first-order chi connectivity index (χ1) is 11.5. The number of hydrogen-bond donors (Lipinski definition) is 0. The maximum Gasteiger partial charge on any atom is 0.0367 e. The van der Waals surface area contributed by atoms with Crippen LogP contribution >= 0.6 is 0 Å². The number of nitrogens with zero attached hydrogens (tertiary/aromatic N) is 2. The summed E-state index contributed by atoms with van der Waals surface area (Å²) < 4.78 is 0. The van der Waals surface area contributed by atoms with E-state index in [4.69, 9.17) is 0 Å². The van der Waals surface area contributed by atoms with E-state index in [0.717, 1.165) is 17.8 Å². The number of benzene rings is 1. The summed E-state index contributed by atoms with van der Waals surface area (Å²) in [5.74, 6) is 3.43. The van der Waals surface area contributed by atoms with Gasteiger partial charge in [-0.25, -0.2) is 0 Å². The van der Waals surface area contributed by atoms with Gasteiger partial charge in [-0.3, -0.25) is 4.90 Å². The van der Waals surface area contributed by atoms with Gasteiger partial charge in [-0.2, -0.15) is 0 Å². The Balaban J connectivity index is 1.46. The van der Waals surface area contributed by atoms with Gasteiger partial charge in [0.15, 0.2) is 0 Å². The SMILES string of the molecule is CC(C)c1ccc(N2CCN(CC3CCC(C(C)C)C3)CC2)cc1. The lowest BCUT2D eigenvalue weighted by molar-refractivity contribution is 0.215. The molecule has 134 valence electrons. The van der Waals surface area contributed by atoms with Crippen LogP contribution in [0.15, 0.2) is 24.3 Å². The Bertz CT molecular complexity index is 497. The van der Waals surface area contributed by atoms with Gasteiger partial charge in [0, 0.05) is 38.4 Å². The van der Waals surface area contributed by atoms with E-state index >= 15 is 0 Å². The minimum Gasteiger partial charge on any atom is -0.369 e. The third kappa shape index (κ3) is 4.33. The number of piperazine rings is 1. The molecule has 2 fully saturated rings. The van der Waals surface area contributed by atoms with E-state index in [2.05, 4.69) is 61.8 Å². The normalized spacial score (nSPS) is 25.8. The summed E-state index contributed by atoms with van der Waals surface area (Å²) >= 11 is 0. The zero-order valence-corrected chi connectivity index (χ0v) is 16.2. The van der Waals surface area contributed by atoms with E-state index in [0.29, 0.717) is 5.92 Å². The number of anilines is 1. The average molecular weight is 329 g/mol. The molecule has 2 nitrogen and oxygen atoms in total. The maximum atomic E-state index is 2.71. The number of hydrogen-bond acceptors (Lipinski definition) is 2. The lowest BCUT2D eigenvalue weighted by Gasteiger charge is -2.37. The number of rotatable bonds is 5. The smallest absolute Gasteiger partial charge is 0.0367 e. The standard InChI is InChI=1S/C22H36N2/c1-17(2)20-7-9-22(10-8-20)24-13-11-23(12-14-24)16-19-5-6-21(15-19)18(3)4/h7-10,17-19,21H,5-6,11-16H2,1-4H3. The molecule has 0 spiro atoms. The summed E-state index contributed by atoms with van der Waals surface area (Å²) in [6.07, 6.45) is 4.39. The first-order valence-electron chi connectivity index (χ1n) is 10.1. The summed E-state index contributed by atoms with van der Waals surface area (Å²) in [5, 5.41) is 0. The second-order valence-electron chi connectivity index (χ2n) is 8.72. The van der Waals surface area contributed by atoms with Crippen molar-refractivity contribution in [2.24, 2.45) is 17.8 Å². The van der Waals surface area contributed by atoms with Crippen LogP contribution < -0.4 is 4.90 Å². The van der Waals surface area contributed by atoms with Gasteiger partial charge in [-0.1, -0.05) is 39.8 Å². The predicted molar refractivity (Wildman–Crippen MR) is 105 cm³/mol. The Morgan fingerprint density at radius 3 is 2.12 bits per heavy atom. The second kappa shape index (κ2) is 7.91. The van der Waals surface area contributed by atoms with Crippen molar-refractivity contribution >= 4 is 5.69 Å². The molecule has 1 aliphatic carbocycles. The van der Waals surface area contributed by atoms with Crippen LogP contribution in [0.2, 0.25) is 0 Å². The van der Waals surface area contributed by atoms with Crippen molar-refractivity contribution in [3.05, 3.63) is 29.8 Å². The molecule has 24 heavy (non-hydrogen) atoms. The molecule has 0 bridgehead atoms. The topological polar surface area (TPSA) is 6.48 Å². The molecule has 1 saturated carbocycles. The summed E-state index contributed by atoms with van der Waals surface area (Å²) in [5.41, 5.74) is 2.85. The highest BCUT2D eigenvalue weighted by molar-refractivity contribution is 5.48. The van der Waals surface area contributed by atoms with Crippen molar-refractivity contribution in [3.8, 4) is 0 Å². The van der Waals surface area contributed by atoms with Crippen LogP contribution in [0.1, 0.15) is 58.4 Å². The fourth-order valence-corrected chi connectivity index (χ4v) is 4.51. The highest BCUT2D eigenvalue weighted by Gasteiger charge is 2.29. The van der Waals surface area contributed by atoms with Crippen molar-refractivity contribution in [3.63, 3.8) is 0 Å². The molecule has 0 aromatic heterocycles. The lowest BCUT2D eigenvalue weighted by atomic mass is 9.93. The Hall–Kier alpha value is -1.02. The molecule has 1 aliphatic heterocycles. The minimum absolute atomic E-state index is 0.622. The van der Waals surface area contributed by atoms with Crippen molar-refractivity contribution in [2.45, 2.75) is 52.9 Å². The van der Waals surface area contributed by atoms with Gasteiger partial charge in [0.05, 0.1) is 0 Å². The van der Waals surface area contributed by atoms with Gasteiger partial charge in [-0.05, 0) is 60.6 Å². The molecule has 2 aliphatic rings. The van der Waals surface area contributed by atoms with Gasteiger partial charge in [0.2, 0.25) is 0 Å². The second-order valence-corrected chi connectivity index (χ2v) is 8.72. The molecular formula is C22H36N2. The van der Waals surface area contributed by atoms with E-state index < -0.39 is 0 Å². The van der Waals surface area contributed by atoms with Gasteiger partial charge in [0.1, 0.15) is 0 Å². The summed E-state index contributed by atoms with van der Waals surface area (Å²) in [7, 11) is 0. The first kappa shape index (κ1) is 17.8. The molecule has 2 heteroatoms. The molecule has 0 radical (unpaired) electrons. The largest absolute Gasteiger partial charge is 0.369 e. The van der Waals surface area contributed by atoms with E-state index in [-0.39, 0.29) is 0 Å². The quantitative estimate of drug-likeness (QED) is 0.750. The molecule has 3 rings (SSSR count). The molecule has 1 heterocycles. The monoisotopic (exact) mass is 328 g/mol. The molecule has 0 amide bonds. The Kier molecular flexibility index (Phi) is 5.86. The van der Waals surface area contributed by atoms with Crippen molar-refractivity contribution in [2.75, 3.05) is 37.6 Å².